The number of hydrogen-bond acceptors (Lipinski definition) is 2. The van der Waals surface area contributed by atoms with Crippen molar-refractivity contribution in [2.45, 2.75) is 18.9 Å². The highest BCUT2D eigenvalue weighted by molar-refractivity contribution is 6.32. The van der Waals surface area contributed by atoms with Gasteiger partial charge in [-0.1, -0.05) is 23.7 Å². The summed E-state index contributed by atoms with van der Waals surface area (Å²) in [5.41, 5.74) is 5.71. The number of hydrogen-bond donors (Lipinski definition) is 2. The minimum Gasteiger partial charge on any atom is -0.506 e. The summed E-state index contributed by atoms with van der Waals surface area (Å²) in [5, 5.41) is 9.54. The predicted octanol–water partition coefficient (Wildman–Crippen LogP) is 2.70. The summed E-state index contributed by atoms with van der Waals surface area (Å²) in [5.74, 6) is -0.220. The average Bonchev–Trinajstić information content (AvgIpc) is 2.08. The third-order valence-electron chi connectivity index (χ3n) is 1.85. The molecule has 0 unspecified atom stereocenters. The Balaban J connectivity index is 2.89. The molecule has 0 heterocycles. The molecule has 5 heteroatoms. The Bertz CT molecular complexity index is 320. The second-order valence-corrected chi connectivity index (χ2v) is 3.32. The van der Waals surface area contributed by atoms with Crippen molar-refractivity contribution in [1.82, 2.24) is 0 Å². The van der Waals surface area contributed by atoms with Crippen LogP contribution < -0.4 is 5.73 Å². The van der Waals surface area contributed by atoms with Gasteiger partial charge in [0.15, 0.2) is 0 Å². The number of para-hydroxylation sites is 1. The monoisotopic (exact) mass is 221 g/mol. The summed E-state index contributed by atoms with van der Waals surface area (Å²) in [6, 6.07) is 3.61. The summed E-state index contributed by atoms with van der Waals surface area (Å²) >= 11 is 5.60. The Morgan fingerprint density at radius 1 is 1.43 bits per heavy atom. The molecule has 0 saturated heterocycles. The van der Waals surface area contributed by atoms with Gasteiger partial charge in [-0.3, -0.25) is 0 Å². The lowest BCUT2D eigenvalue weighted by molar-refractivity contribution is 0.128. The predicted molar refractivity (Wildman–Crippen MR) is 50.7 cm³/mol. The van der Waals surface area contributed by atoms with Gasteiger partial charge >= 0.3 is 0 Å². The van der Waals surface area contributed by atoms with E-state index in [-0.39, 0.29) is 16.3 Å². The van der Waals surface area contributed by atoms with Crippen LogP contribution in [-0.4, -0.2) is 11.5 Å². The molecule has 1 aromatic rings. The lowest BCUT2D eigenvalue weighted by Crippen LogP contribution is -2.14. The van der Waals surface area contributed by atoms with Crippen molar-refractivity contribution in [1.29, 1.82) is 0 Å². The van der Waals surface area contributed by atoms with Gasteiger partial charge in [0.05, 0.1) is 5.02 Å². The van der Waals surface area contributed by atoms with Crippen LogP contribution in [0.5, 0.6) is 5.75 Å². The summed E-state index contributed by atoms with van der Waals surface area (Å²) in [6.07, 6.45) is -2.99. The molecule has 0 aliphatic carbocycles. The van der Waals surface area contributed by atoms with E-state index in [9.17, 15) is 13.9 Å². The number of alkyl halides is 2. The number of aromatic hydroxyl groups is 1. The van der Waals surface area contributed by atoms with Gasteiger partial charge < -0.3 is 10.8 Å². The largest absolute Gasteiger partial charge is 0.506 e. The number of phenols is 1. The number of halogens is 3. The number of benzene rings is 1. The maximum absolute atomic E-state index is 12.0. The Labute approximate surface area is 85.3 Å². The van der Waals surface area contributed by atoms with Crippen molar-refractivity contribution in [2.75, 3.05) is 0 Å². The standard InChI is InChI=1S/C9H10ClF2NO/c10-6-3-1-2-5(9(6)14)7(13)4-8(11)12/h1-3,7-8,14H,4,13H2/t7-/m1/s1. The van der Waals surface area contributed by atoms with Gasteiger partial charge in [-0.25, -0.2) is 8.78 Å². The van der Waals surface area contributed by atoms with Crippen molar-refractivity contribution in [2.24, 2.45) is 5.73 Å². The fraction of sp³-hybridized carbons (Fsp3) is 0.333. The summed E-state index contributed by atoms with van der Waals surface area (Å²) in [7, 11) is 0. The molecule has 2 nitrogen and oxygen atoms in total. The van der Waals surface area contributed by atoms with Gasteiger partial charge in [-0.15, -0.1) is 0 Å². The highest BCUT2D eigenvalue weighted by Gasteiger charge is 2.17. The zero-order valence-electron chi connectivity index (χ0n) is 7.25. The first-order valence-electron chi connectivity index (χ1n) is 4.03. The number of rotatable bonds is 3. The van der Waals surface area contributed by atoms with Gasteiger partial charge in [0.2, 0.25) is 6.43 Å². The van der Waals surface area contributed by atoms with Crippen LogP contribution >= 0.6 is 11.6 Å². The molecule has 0 amide bonds. The van der Waals surface area contributed by atoms with E-state index in [4.69, 9.17) is 17.3 Å². The topological polar surface area (TPSA) is 46.2 Å². The smallest absolute Gasteiger partial charge is 0.240 e. The van der Waals surface area contributed by atoms with Crippen LogP contribution in [0.15, 0.2) is 18.2 Å². The lowest BCUT2D eigenvalue weighted by Gasteiger charge is -2.13. The number of phenolic OH excluding ortho intramolecular Hbond substituents is 1. The Kier molecular flexibility index (Phi) is 3.66. The molecule has 1 atom stereocenters. The maximum Gasteiger partial charge on any atom is 0.240 e. The average molecular weight is 222 g/mol. The van der Waals surface area contributed by atoms with Crippen LogP contribution in [0.3, 0.4) is 0 Å². The minimum absolute atomic E-state index is 0.118. The molecule has 14 heavy (non-hydrogen) atoms. The fourth-order valence-electron chi connectivity index (χ4n) is 1.15. The summed E-state index contributed by atoms with van der Waals surface area (Å²) < 4.78 is 24.0. The van der Waals surface area contributed by atoms with Gasteiger partial charge in [0.1, 0.15) is 5.75 Å². The van der Waals surface area contributed by atoms with E-state index < -0.39 is 18.9 Å². The second-order valence-electron chi connectivity index (χ2n) is 2.91. The Morgan fingerprint density at radius 2 is 2.07 bits per heavy atom. The van der Waals surface area contributed by atoms with Crippen LogP contribution in [-0.2, 0) is 0 Å². The molecule has 0 bridgehead atoms. The highest BCUT2D eigenvalue weighted by Crippen LogP contribution is 2.32. The normalized spacial score (nSPS) is 13.2. The minimum atomic E-state index is -2.50. The molecular weight excluding hydrogens is 212 g/mol. The molecule has 0 radical (unpaired) electrons. The van der Waals surface area contributed by atoms with Crippen LogP contribution in [0, 0.1) is 0 Å². The third-order valence-corrected chi connectivity index (χ3v) is 2.15. The second kappa shape index (κ2) is 4.57. The van der Waals surface area contributed by atoms with Gasteiger partial charge in [0.25, 0.3) is 0 Å². The zero-order valence-corrected chi connectivity index (χ0v) is 8.01. The fourth-order valence-corrected chi connectivity index (χ4v) is 1.33. The van der Waals surface area contributed by atoms with E-state index in [1.807, 2.05) is 0 Å². The highest BCUT2D eigenvalue weighted by atomic mass is 35.5. The molecule has 3 N–H and O–H groups in total. The van der Waals surface area contributed by atoms with E-state index in [1.54, 1.807) is 6.07 Å². The molecule has 0 aliphatic heterocycles. The molecule has 1 aromatic carbocycles. The van der Waals surface area contributed by atoms with Crippen molar-refractivity contribution < 1.29 is 13.9 Å². The van der Waals surface area contributed by atoms with Crippen LogP contribution in [0.4, 0.5) is 8.78 Å². The first-order valence-corrected chi connectivity index (χ1v) is 4.41. The van der Waals surface area contributed by atoms with E-state index in [0.29, 0.717) is 0 Å². The van der Waals surface area contributed by atoms with Crippen molar-refractivity contribution in [3.63, 3.8) is 0 Å². The molecule has 0 aliphatic rings. The molecule has 78 valence electrons. The molecule has 0 spiro atoms. The maximum atomic E-state index is 12.0. The van der Waals surface area contributed by atoms with Crippen molar-refractivity contribution in [3.05, 3.63) is 28.8 Å². The van der Waals surface area contributed by atoms with Gasteiger partial charge in [-0.2, -0.15) is 0 Å². The number of nitrogens with two attached hydrogens (primary N) is 1. The SMILES string of the molecule is N[C@H](CC(F)F)c1cccc(Cl)c1O. The summed E-state index contributed by atoms with van der Waals surface area (Å²) in [6.45, 7) is 0. The quantitative estimate of drug-likeness (QED) is 0.825. The van der Waals surface area contributed by atoms with Crippen molar-refractivity contribution in [3.8, 4) is 5.75 Å². The third kappa shape index (κ3) is 2.56. The molecule has 0 saturated carbocycles. The molecule has 0 aromatic heterocycles. The zero-order chi connectivity index (χ0) is 10.7. The lowest BCUT2D eigenvalue weighted by atomic mass is 10.0. The van der Waals surface area contributed by atoms with E-state index in [1.165, 1.54) is 12.1 Å². The molecular formula is C9H10ClF2NO. The van der Waals surface area contributed by atoms with E-state index >= 15 is 0 Å². The van der Waals surface area contributed by atoms with Gasteiger partial charge in [-0.05, 0) is 6.07 Å². The van der Waals surface area contributed by atoms with Crippen LogP contribution in [0.1, 0.15) is 18.0 Å². The molecule has 1 rings (SSSR count). The van der Waals surface area contributed by atoms with Crippen molar-refractivity contribution >= 4 is 11.6 Å². The van der Waals surface area contributed by atoms with E-state index in [0.717, 1.165) is 0 Å². The van der Waals surface area contributed by atoms with E-state index in [2.05, 4.69) is 0 Å². The molecule has 0 fully saturated rings. The first-order chi connectivity index (χ1) is 6.52. The first kappa shape index (κ1) is 11.2. The summed E-state index contributed by atoms with van der Waals surface area (Å²) in [4.78, 5) is 0. The van der Waals surface area contributed by atoms with Crippen LogP contribution in [0.25, 0.3) is 0 Å². The Morgan fingerprint density at radius 3 is 2.64 bits per heavy atom. The van der Waals surface area contributed by atoms with Crippen LogP contribution in [0.2, 0.25) is 5.02 Å². The van der Waals surface area contributed by atoms with Gasteiger partial charge in [0, 0.05) is 18.0 Å². The Hall–Kier alpha value is -0.870.